The number of nitrogens with one attached hydrogen (secondary N) is 1. The van der Waals surface area contributed by atoms with Crippen LogP contribution in [0.4, 0.5) is 13.2 Å². The van der Waals surface area contributed by atoms with Crippen molar-refractivity contribution in [3.05, 3.63) is 12.3 Å². The monoisotopic (exact) mass is 197 g/mol. The number of hydrogen-bond donors (Lipinski definition) is 3. The average molecular weight is 197 g/mol. The van der Waals surface area contributed by atoms with Gasteiger partial charge in [0.2, 0.25) is 5.91 Å². The molecule has 0 aromatic heterocycles. The number of halogens is 3. The van der Waals surface area contributed by atoms with Crippen LogP contribution in [-0.2, 0) is 0 Å². The molecule has 1 aliphatic heterocycles. The Morgan fingerprint density at radius 2 is 1.92 bits per heavy atom. The number of rotatable bonds is 0. The summed E-state index contributed by atoms with van der Waals surface area (Å²) in [5.74, 6) is -2.49. The third-order valence-corrected chi connectivity index (χ3v) is 2.03. The summed E-state index contributed by atoms with van der Waals surface area (Å²) in [6.07, 6.45) is -3.53. The maximum Gasteiger partial charge on any atom is 0.397 e. The lowest BCUT2D eigenvalue weighted by molar-refractivity contribution is -0.261. The Kier molecular flexibility index (Phi) is 2.08. The summed E-state index contributed by atoms with van der Waals surface area (Å²) in [5, 5.41) is 19.9. The fourth-order valence-electron chi connectivity index (χ4n) is 1.18. The molecular formula is C7H10F3NO2. The van der Waals surface area contributed by atoms with Crippen molar-refractivity contribution in [3.63, 3.8) is 0 Å². The van der Waals surface area contributed by atoms with E-state index < -0.39 is 23.9 Å². The van der Waals surface area contributed by atoms with E-state index in [-0.39, 0.29) is 0 Å². The van der Waals surface area contributed by atoms with Gasteiger partial charge in [0.25, 0.3) is 0 Å². The molecule has 0 radical (unpaired) electrons. The van der Waals surface area contributed by atoms with Gasteiger partial charge in [0.1, 0.15) is 0 Å². The molecule has 3 N–H and O–H groups in total. The largest absolute Gasteiger partial charge is 0.397 e. The lowest BCUT2D eigenvalue weighted by Gasteiger charge is -2.38. The zero-order valence-electron chi connectivity index (χ0n) is 6.89. The van der Waals surface area contributed by atoms with Gasteiger partial charge >= 0.3 is 6.18 Å². The number of hydrogen-bond acceptors (Lipinski definition) is 3. The topological polar surface area (TPSA) is 52.5 Å². The van der Waals surface area contributed by atoms with Gasteiger partial charge in [-0.25, -0.2) is 0 Å². The van der Waals surface area contributed by atoms with Crippen molar-refractivity contribution in [3.8, 4) is 0 Å². The van der Waals surface area contributed by atoms with Gasteiger partial charge in [-0.05, 0) is 13.1 Å². The molecule has 0 amide bonds. The molecule has 0 bridgehead atoms. The fourth-order valence-corrected chi connectivity index (χ4v) is 1.18. The van der Waals surface area contributed by atoms with Crippen LogP contribution in [0.1, 0.15) is 13.3 Å². The third-order valence-electron chi connectivity index (χ3n) is 2.03. The number of alkyl halides is 3. The molecule has 3 nitrogen and oxygen atoms in total. The summed E-state index contributed by atoms with van der Waals surface area (Å²) in [5.41, 5.74) is -2.19. The van der Waals surface area contributed by atoms with Gasteiger partial charge < -0.3 is 15.5 Å². The van der Waals surface area contributed by atoms with E-state index in [1.54, 1.807) is 0 Å². The maximum atomic E-state index is 12.4. The summed E-state index contributed by atoms with van der Waals surface area (Å²) in [6, 6.07) is 0. The molecule has 1 atom stereocenters. The molecular weight excluding hydrogens is 187 g/mol. The van der Waals surface area contributed by atoms with Crippen LogP contribution >= 0.6 is 0 Å². The highest BCUT2D eigenvalue weighted by Crippen LogP contribution is 2.45. The van der Waals surface area contributed by atoms with E-state index in [2.05, 4.69) is 0 Å². The Labute approximate surface area is 72.9 Å². The van der Waals surface area contributed by atoms with Gasteiger partial charge in [-0.3, -0.25) is 0 Å². The normalized spacial score (nSPS) is 32.8. The first-order chi connectivity index (χ1) is 5.66. The minimum absolute atomic E-state index is 0.819. The van der Waals surface area contributed by atoms with E-state index >= 15 is 0 Å². The van der Waals surface area contributed by atoms with Crippen molar-refractivity contribution < 1.29 is 23.4 Å². The van der Waals surface area contributed by atoms with Gasteiger partial charge in [0.15, 0.2) is 0 Å². The van der Waals surface area contributed by atoms with E-state index in [0.29, 0.717) is 0 Å². The van der Waals surface area contributed by atoms with Crippen LogP contribution < -0.4 is 5.32 Å². The second kappa shape index (κ2) is 2.62. The van der Waals surface area contributed by atoms with Gasteiger partial charge in [0.05, 0.1) is 5.41 Å². The van der Waals surface area contributed by atoms with Crippen LogP contribution in [0.15, 0.2) is 12.3 Å². The summed E-state index contributed by atoms with van der Waals surface area (Å²) in [4.78, 5) is 0. The fraction of sp³-hybridized carbons (Fsp3) is 0.714. The summed E-state index contributed by atoms with van der Waals surface area (Å²) >= 11 is 0. The minimum atomic E-state index is -4.48. The van der Waals surface area contributed by atoms with Crippen molar-refractivity contribution in [1.82, 2.24) is 5.32 Å². The highest BCUT2D eigenvalue weighted by molar-refractivity contribution is 5.07. The van der Waals surface area contributed by atoms with Gasteiger partial charge in [-0.15, -0.1) is 0 Å². The van der Waals surface area contributed by atoms with Crippen LogP contribution in [0, 0.1) is 5.41 Å². The quantitative estimate of drug-likeness (QED) is 0.501. The number of allylic oxidation sites excluding steroid dienone is 1. The molecule has 13 heavy (non-hydrogen) atoms. The summed E-state index contributed by atoms with van der Waals surface area (Å²) in [6.45, 7) is 0.908. The van der Waals surface area contributed by atoms with Crippen molar-refractivity contribution in [2.24, 2.45) is 5.41 Å². The molecule has 0 aromatic carbocycles. The smallest absolute Gasteiger partial charge is 0.349 e. The van der Waals surface area contributed by atoms with Crippen LogP contribution in [0.2, 0.25) is 0 Å². The molecule has 1 unspecified atom stereocenters. The first-order valence-corrected chi connectivity index (χ1v) is 3.63. The second-order valence-electron chi connectivity index (χ2n) is 3.39. The van der Waals surface area contributed by atoms with E-state index in [0.717, 1.165) is 19.2 Å². The zero-order valence-corrected chi connectivity index (χ0v) is 6.89. The Hall–Kier alpha value is -0.750. The van der Waals surface area contributed by atoms with E-state index in [1.165, 1.54) is 0 Å². The minimum Gasteiger partial charge on any atom is -0.349 e. The Balaban J connectivity index is 2.94. The van der Waals surface area contributed by atoms with Crippen molar-refractivity contribution >= 4 is 0 Å². The molecule has 0 spiro atoms. The van der Waals surface area contributed by atoms with Crippen molar-refractivity contribution in [2.45, 2.75) is 25.4 Å². The Morgan fingerprint density at radius 3 is 2.23 bits per heavy atom. The molecule has 1 heterocycles. The van der Waals surface area contributed by atoms with Gasteiger partial charge in [-0.2, -0.15) is 13.2 Å². The molecule has 0 fully saturated rings. The van der Waals surface area contributed by atoms with Gasteiger partial charge in [0, 0.05) is 6.42 Å². The second-order valence-corrected chi connectivity index (χ2v) is 3.39. The summed E-state index contributed by atoms with van der Waals surface area (Å²) in [7, 11) is 0. The third kappa shape index (κ3) is 1.94. The molecule has 0 aliphatic carbocycles. The van der Waals surface area contributed by atoms with Crippen LogP contribution in [0.5, 0.6) is 0 Å². The van der Waals surface area contributed by atoms with Gasteiger partial charge in [-0.1, -0.05) is 6.08 Å². The lowest BCUT2D eigenvalue weighted by Crippen LogP contribution is -2.52. The number of aliphatic hydroxyl groups is 2. The van der Waals surface area contributed by atoms with Crippen LogP contribution in [0.25, 0.3) is 0 Å². The lowest BCUT2D eigenvalue weighted by atomic mass is 9.82. The predicted octanol–water partition coefficient (Wildman–Crippen LogP) is 0.700. The standard InChI is InChI=1S/C7H10F3NO2/c1-5(7(8,9)10)2-3-11-6(12,13)4-5/h2-3,11-13H,4H2,1H3. The molecule has 0 aromatic rings. The van der Waals surface area contributed by atoms with Crippen molar-refractivity contribution in [1.29, 1.82) is 0 Å². The molecule has 76 valence electrons. The first kappa shape index (κ1) is 10.3. The van der Waals surface area contributed by atoms with E-state index in [4.69, 9.17) is 10.2 Å². The molecule has 0 saturated carbocycles. The Morgan fingerprint density at radius 1 is 1.38 bits per heavy atom. The summed E-state index contributed by atoms with van der Waals surface area (Å²) < 4.78 is 37.1. The highest BCUT2D eigenvalue weighted by Gasteiger charge is 2.54. The van der Waals surface area contributed by atoms with E-state index in [1.807, 2.05) is 5.32 Å². The molecule has 0 saturated heterocycles. The van der Waals surface area contributed by atoms with Crippen LogP contribution in [-0.4, -0.2) is 22.3 Å². The zero-order chi connectivity index (χ0) is 10.3. The molecule has 6 heteroatoms. The highest BCUT2D eigenvalue weighted by atomic mass is 19.4. The SMILES string of the molecule is CC1(C(F)(F)F)C=CNC(O)(O)C1. The Bertz CT molecular complexity index is 236. The first-order valence-electron chi connectivity index (χ1n) is 3.63. The predicted molar refractivity (Wildman–Crippen MR) is 38.2 cm³/mol. The van der Waals surface area contributed by atoms with Crippen LogP contribution in [0.3, 0.4) is 0 Å². The maximum absolute atomic E-state index is 12.4. The van der Waals surface area contributed by atoms with E-state index in [9.17, 15) is 13.2 Å². The average Bonchev–Trinajstić information content (AvgIpc) is 1.80. The molecule has 1 rings (SSSR count). The molecule has 1 aliphatic rings. The van der Waals surface area contributed by atoms with Crippen molar-refractivity contribution in [2.75, 3.05) is 0 Å².